The predicted octanol–water partition coefficient (Wildman–Crippen LogP) is 4.44. The Labute approximate surface area is 127 Å². The van der Waals surface area contributed by atoms with E-state index < -0.39 is 5.60 Å². The fourth-order valence-electron chi connectivity index (χ4n) is 2.28. The van der Waals surface area contributed by atoms with Crippen molar-refractivity contribution in [3.63, 3.8) is 0 Å². The van der Waals surface area contributed by atoms with Crippen LogP contribution in [-0.2, 0) is 10.3 Å². The van der Waals surface area contributed by atoms with Gasteiger partial charge in [-0.1, -0.05) is 22.0 Å². The molecule has 0 saturated heterocycles. The summed E-state index contributed by atoms with van der Waals surface area (Å²) in [5.74, 6) is -0.295. The summed E-state index contributed by atoms with van der Waals surface area (Å²) < 4.78 is 19.3. The summed E-state index contributed by atoms with van der Waals surface area (Å²) in [7, 11) is 1.73. The lowest BCUT2D eigenvalue weighted by Crippen LogP contribution is -2.41. The largest absolute Gasteiger partial charge is 0.444 e. The van der Waals surface area contributed by atoms with E-state index in [1.807, 2.05) is 20.8 Å². The maximum absolute atomic E-state index is 13.2. The molecule has 20 heavy (non-hydrogen) atoms. The molecule has 0 unspecified atom stereocenters. The first kappa shape index (κ1) is 15.3. The van der Waals surface area contributed by atoms with Gasteiger partial charge >= 0.3 is 6.09 Å². The minimum Gasteiger partial charge on any atom is -0.444 e. The molecular weight excluding hydrogens is 325 g/mol. The van der Waals surface area contributed by atoms with Gasteiger partial charge in [0.1, 0.15) is 11.4 Å². The van der Waals surface area contributed by atoms with Gasteiger partial charge in [-0.3, -0.25) is 0 Å². The van der Waals surface area contributed by atoms with Gasteiger partial charge in [-0.05, 0) is 51.3 Å². The highest BCUT2D eigenvalue weighted by molar-refractivity contribution is 9.10. The summed E-state index contributed by atoms with van der Waals surface area (Å²) in [5.41, 5.74) is 0.0170. The van der Waals surface area contributed by atoms with Crippen LogP contribution in [0.25, 0.3) is 0 Å². The Hall–Kier alpha value is -1.10. The number of ether oxygens (including phenoxy) is 1. The summed E-state index contributed by atoms with van der Waals surface area (Å²) in [6, 6.07) is 4.58. The Kier molecular flexibility index (Phi) is 3.84. The van der Waals surface area contributed by atoms with Crippen LogP contribution in [0.1, 0.15) is 39.2 Å². The lowest BCUT2D eigenvalue weighted by atomic mass is 10.0. The predicted molar refractivity (Wildman–Crippen MR) is 79.0 cm³/mol. The summed E-state index contributed by atoms with van der Waals surface area (Å²) in [6.45, 7) is 5.52. The number of nitrogens with zero attached hydrogens (tertiary/aromatic N) is 1. The van der Waals surface area contributed by atoms with Crippen molar-refractivity contribution in [3.8, 4) is 0 Å². The van der Waals surface area contributed by atoms with Crippen LogP contribution < -0.4 is 0 Å². The van der Waals surface area contributed by atoms with Gasteiger partial charge in [0.2, 0.25) is 0 Å². The van der Waals surface area contributed by atoms with E-state index in [1.54, 1.807) is 18.0 Å². The summed E-state index contributed by atoms with van der Waals surface area (Å²) >= 11 is 3.38. The fraction of sp³-hybridized carbons (Fsp3) is 0.533. The molecule has 1 aromatic carbocycles. The monoisotopic (exact) mass is 343 g/mol. The second-order valence-corrected chi connectivity index (χ2v) is 7.05. The smallest absolute Gasteiger partial charge is 0.410 e. The van der Waals surface area contributed by atoms with Crippen molar-refractivity contribution in [3.05, 3.63) is 34.1 Å². The molecule has 1 amide bonds. The highest BCUT2D eigenvalue weighted by atomic mass is 79.9. The normalized spacial score (nSPS) is 16.7. The molecule has 0 N–H and O–H groups in total. The number of rotatable bonds is 2. The van der Waals surface area contributed by atoms with E-state index in [2.05, 4.69) is 15.9 Å². The number of hydrogen-bond acceptors (Lipinski definition) is 2. The maximum Gasteiger partial charge on any atom is 0.410 e. The minimum atomic E-state index is -0.526. The summed E-state index contributed by atoms with van der Waals surface area (Å²) in [4.78, 5) is 13.8. The first-order valence-electron chi connectivity index (χ1n) is 6.58. The van der Waals surface area contributed by atoms with Gasteiger partial charge in [0, 0.05) is 11.5 Å². The van der Waals surface area contributed by atoms with Crippen molar-refractivity contribution >= 4 is 22.0 Å². The Morgan fingerprint density at radius 3 is 2.45 bits per heavy atom. The van der Waals surface area contributed by atoms with E-state index in [0.29, 0.717) is 4.47 Å². The fourth-order valence-corrected chi connectivity index (χ4v) is 3.00. The van der Waals surface area contributed by atoms with Gasteiger partial charge in [-0.15, -0.1) is 0 Å². The van der Waals surface area contributed by atoms with Gasteiger partial charge in [0.15, 0.2) is 0 Å². The summed E-state index contributed by atoms with van der Waals surface area (Å²) in [5, 5.41) is 0. The van der Waals surface area contributed by atoms with Crippen LogP contribution >= 0.6 is 15.9 Å². The average Bonchev–Trinajstić information content (AvgIpc) is 3.06. The van der Waals surface area contributed by atoms with Crippen LogP contribution in [0.5, 0.6) is 0 Å². The topological polar surface area (TPSA) is 29.5 Å². The second kappa shape index (κ2) is 5.02. The van der Waals surface area contributed by atoms with Crippen LogP contribution in [0.15, 0.2) is 22.7 Å². The highest BCUT2D eigenvalue weighted by Crippen LogP contribution is 2.52. The number of benzene rings is 1. The van der Waals surface area contributed by atoms with E-state index in [-0.39, 0.29) is 17.4 Å². The molecule has 1 saturated carbocycles. The van der Waals surface area contributed by atoms with Crippen molar-refractivity contribution in [2.75, 3.05) is 7.05 Å². The third kappa shape index (κ3) is 2.97. The molecule has 3 nitrogen and oxygen atoms in total. The number of carbonyl (C=O) groups excluding carboxylic acids is 1. The minimum absolute atomic E-state index is 0.295. The van der Waals surface area contributed by atoms with Crippen LogP contribution in [0.4, 0.5) is 9.18 Å². The Morgan fingerprint density at radius 1 is 1.40 bits per heavy atom. The zero-order chi connectivity index (χ0) is 15.1. The molecule has 1 aliphatic carbocycles. The quantitative estimate of drug-likeness (QED) is 0.794. The van der Waals surface area contributed by atoms with Crippen molar-refractivity contribution in [2.24, 2.45) is 0 Å². The van der Waals surface area contributed by atoms with E-state index >= 15 is 0 Å². The maximum atomic E-state index is 13.2. The SMILES string of the molecule is CN(C(=O)OC(C)(C)C)C1(c2ccc(F)cc2Br)CC1. The standard InChI is InChI=1S/C15H19BrFNO2/c1-14(2,3)20-13(19)18(4)15(7-8-15)11-6-5-10(17)9-12(11)16/h5-6,9H,7-8H2,1-4H3. The Morgan fingerprint density at radius 2 is 2.00 bits per heavy atom. The Balaban J connectivity index is 2.25. The van der Waals surface area contributed by atoms with Crippen molar-refractivity contribution in [1.29, 1.82) is 0 Å². The number of halogens is 2. The molecule has 2 rings (SSSR count). The molecule has 110 valence electrons. The van der Waals surface area contributed by atoms with Crippen LogP contribution in [0.2, 0.25) is 0 Å². The average molecular weight is 344 g/mol. The molecule has 1 fully saturated rings. The highest BCUT2D eigenvalue weighted by Gasteiger charge is 2.52. The van der Waals surface area contributed by atoms with Crippen LogP contribution in [-0.4, -0.2) is 23.6 Å². The van der Waals surface area contributed by atoms with Crippen molar-refractivity contribution in [2.45, 2.75) is 44.8 Å². The number of hydrogen-bond donors (Lipinski definition) is 0. The molecule has 0 radical (unpaired) electrons. The third-order valence-electron chi connectivity index (χ3n) is 3.47. The lowest BCUT2D eigenvalue weighted by molar-refractivity contribution is 0.0189. The van der Waals surface area contributed by atoms with Crippen LogP contribution in [0, 0.1) is 5.82 Å². The molecule has 0 heterocycles. The van der Waals surface area contributed by atoms with Crippen LogP contribution in [0.3, 0.4) is 0 Å². The van der Waals surface area contributed by atoms with E-state index in [9.17, 15) is 9.18 Å². The van der Waals surface area contributed by atoms with Crippen molar-refractivity contribution in [1.82, 2.24) is 4.90 Å². The number of amides is 1. The second-order valence-electron chi connectivity index (χ2n) is 6.20. The van der Waals surface area contributed by atoms with Crippen molar-refractivity contribution < 1.29 is 13.9 Å². The molecule has 0 bridgehead atoms. The zero-order valence-electron chi connectivity index (χ0n) is 12.2. The molecule has 0 atom stereocenters. The van der Waals surface area contributed by atoms with Gasteiger partial charge in [-0.25, -0.2) is 9.18 Å². The number of carbonyl (C=O) groups is 1. The van der Waals surface area contributed by atoms with Gasteiger partial charge < -0.3 is 9.64 Å². The molecule has 1 aliphatic rings. The Bertz CT molecular complexity index is 535. The third-order valence-corrected chi connectivity index (χ3v) is 4.12. The lowest BCUT2D eigenvalue weighted by Gasteiger charge is -2.31. The zero-order valence-corrected chi connectivity index (χ0v) is 13.8. The molecule has 0 spiro atoms. The first-order chi connectivity index (χ1) is 9.16. The first-order valence-corrected chi connectivity index (χ1v) is 7.37. The van der Waals surface area contributed by atoms with Gasteiger partial charge in [0.05, 0.1) is 5.54 Å². The molecule has 1 aromatic rings. The summed E-state index contributed by atoms with van der Waals surface area (Å²) in [6.07, 6.45) is 1.35. The van der Waals surface area contributed by atoms with Gasteiger partial charge in [-0.2, -0.15) is 0 Å². The molecule has 5 heteroatoms. The molecule has 0 aromatic heterocycles. The van der Waals surface area contributed by atoms with E-state index in [1.165, 1.54) is 12.1 Å². The molecule has 0 aliphatic heterocycles. The van der Waals surface area contributed by atoms with E-state index in [0.717, 1.165) is 18.4 Å². The van der Waals surface area contributed by atoms with Gasteiger partial charge in [0.25, 0.3) is 0 Å². The molecular formula is C15H19BrFNO2. The van der Waals surface area contributed by atoms with E-state index in [4.69, 9.17) is 4.74 Å².